The number of hydrogen-bond acceptors (Lipinski definition) is 4. The normalized spacial score (nSPS) is 10.4. The van der Waals surface area contributed by atoms with Crippen LogP contribution in [0.1, 0.15) is 42.9 Å². The first-order valence-corrected chi connectivity index (χ1v) is 9.58. The zero-order chi connectivity index (χ0) is 20.4. The van der Waals surface area contributed by atoms with Gasteiger partial charge in [-0.2, -0.15) is 5.26 Å². The minimum Gasteiger partial charge on any atom is -0.490 e. The van der Waals surface area contributed by atoms with E-state index in [1.807, 2.05) is 36.4 Å². The lowest BCUT2D eigenvalue weighted by Gasteiger charge is -2.13. The Morgan fingerprint density at radius 2 is 1.82 bits per heavy atom. The zero-order valence-corrected chi connectivity index (χ0v) is 16.8. The number of carbonyl (C=O) groups is 1. The molecule has 148 valence electrons. The first kappa shape index (κ1) is 21.3. The van der Waals surface area contributed by atoms with Gasteiger partial charge in [0.25, 0.3) is 0 Å². The van der Waals surface area contributed by atoms with Gasteiger partial charge in [-0.15, -0.1) is 0 Å². The van der Waals surface area contributed by atoms with Crippen LogP contribution < -0.4 is 14.8 Å². The Morgan fingerprint density at radius 3 is 2.46 bits per heavy atom. The predicted octanol–water partition coefficient (Wildman–Crippen LogP) is 4.15. The van der Waals surface area contributed by atoms with Crippen molar-refractivity contribution in [2.75, 3.05) is 19.8 Å². The Balaban J connectivity index is 1.75. The number of nitrogens with zero attached hydrogens (tertiary/aromatic N) is 1. The lowest BCUT2D eigenvalue weighted by Crippen LogP contribution is -2.24. The van der Waals surface area contributed by atoms with Crippen molar-refractivity contribution in [2.24, 2.45) is 0 Å². The number of carbonyl (C=O) groups excluding carboxylic acids is 1. The largest absolute Gasteiger partial charge is 0.490 e. The van der Waals surface area contributed by atoms with Crippen molar-refractivity contribution in [3.8, 4) is 17.6 Å². The van der Waals surface area contributed by atoms with Crippen LogP contribution in [0.5, 0.6) is 11.5 Å². The Morgan fingerprint density at radius 1 is 1.11 bits per heavy atom. The van der Waals surface area contributed by atoms with Gasteiger partial charge in [0.15, 0.2) is 0 Å². The second-order valence-corrected chi connectivity index (χ2v) is 6.95. The van der Waals surface area contributed by atoms with E-state index in [2.05, 4.69) is 38.2 Å². The van der Waals surface area contributed by atoms with Crippen LogP contribution in [0.25, 0.3) is 0 Å². The van der Waals surface area contributed by atoms with E-state index >= 15 is 0 Å². The summed E-state index contributed by atoms with van der Waals surface area (Å²) in [6, 6.07) is 15.8. The van der Waals surface area contributed by atoms with E-state index in [-0.39, 0.29) is 12.3 Å². The summed E-state index contributed by atoms with van der Waals surface area (Å²) in [7, 11) is 0. The van der Waals surface area contributed by atoms with Crippen molar-refractivity contribution in [3.63, 3.8) is 0 Å². The second kappa shape index (κ2) is 11.0. The Bertz CT molecular complexity index is 825. The molecule has 28 heavy (non-hydrogen) atoms. The smallest absolute Gasteiger partial charge is 0.234 e. The van der Waals surface area contributed by atoms with Crippen LogP contribution in [0, 0.1) is 18.3 Å². The predicted molar refractivity (Wildman–Crippen MR) is 110 cm³/mol. The summed E-state index contributed by atoms with van der Waals surface area (Å²) >= 11 is 0. The molecule has 0 unspecified atom stereocenters. The summed E-state index contributed by atoms with van der Waals surface area (Å²) in [5.74, 6) is 1.89. The van der Waals surface area contributed by atoms with Gasteiger partial charge in [-0.1, -0.05) is 32.0 Å². The SMILES string of the molecule is Cc1cc(OCCOc2cccc(CCNC(=O)CC#N)c2)ccc1C(C)C. The van der Waals surface area contributed by atoms with Crippen LogP contribution in [-0.4, -0.2) is 25.7 Å². The van der Waals surface area contributed by atoms with Gasteiger partial charge in [-0.25, -0.2) is 0 Å². The maximum atomic E-state index is 11.3. The number of benzene rings is 2. The quantitative estimate of drug-likeness (QED) is 0.629. The van der Waals surface area contributed by atoms with Crippen LogP contribution >= 0.6 is 0 Å². The summed E-state index contributed by atoms with van der Waals surface area (Å²) < 4.78 is 11.6. The van der Waals surface area contributed by atoms with Crippen molar-refractivity contribution in [3.05, 3.63) is 59.2 Å². The molecule has 0 heterocycles. The van der Waals surface area contributed by atoms with E-state index in [0.29, 0.717) is 32.1 Å². The van der Waals surface area contributed by atoms with E-state index in [1.165, 1.54) is 11.1 Å². The molecule has 2 aromatic carbocycles. The van der Waals surface area contributed by atoms with Gasteiger partial charge in [0.1, 0.15) is 31.1 Å². The molecule has 0 fully saturated rings. The monoisotopic (exact) mass is 380 g/mol. The second-order valence-electron chi connectivity index (χ2n) is 6.95. The number of nitrogens with one attached hydrogen (secondary N) is 1. The van der Waals surface area contributed by atoms with Crippen LogP contribution in [0.2, 0.25) is 0 Å². The molecule has 0 aliphatic rings. The lowest BCUT2D eigenvalue weighted by molar-refractivity contribution is -0.120. The van der Waals surface area contributed by atoms with Crippen LogP contribution in [-0.2, 0) is 11.2 Å². The van der Waals surface area contributed by atoms with Gasteiger partial charge in [-0.3, -0.25) is 4.79 Å². The molecule has 0 spiro atoms. The van der Waals surface area contributed by atoms with Crippen molar-refractivity contribution < 1.29 is 14.3 Å². The summed E-state index contributed by atoms with van der Waals surface area (Å²) in [6.45, 7) is 7.89. The van der Waals surface area contributed by atoms with Gasteiger partial charge in [0.05, 0.1) is 6.07 Å². The maximum Gasteiger partial charge on any atom is 0.234 e. The third kappa shape index (κ3) is 6.96. The topological polar surface area (TPSA) is 71.3 Å². The lowest BCUT2D eigenvalue weighted by atomic mass is 9.98. The zero-order valence-electron chi connectivity index (χ0n) is 16.8. The van der Waals surface area contributed by atoms with Gasteiger partial charge in [0.2, 0.25) is 5.91 Å². The highest BCUT2D eigenvalue weighted by Crippen LogP contribution is 2.23. The molecule has 0 aliphatic heterocycles. The van der Waals surface area contributed by atoms with E-state index < -0.39 is 0 Å². The molecule has 1 amide bonds. The average molecular weight is 380 g/mol. The molecule has 2 aromatic rings. The molecule has 0 atom stereocenters. The number of amides is 1. The number of rotatable bonds is 10. The van der Waals surface area contributed by atoms with Crippen LogP contribution in [0.4, 0.5) is 0 Å². The molecule has 0 saturated heterocycles. The van der Waals surface area contributed by atoms with Gasteiger partial charge in [-0.05, 0) is 60.2 Å². The van der Waals surface area contributed by atoms with Crippen molar-refractivity contribution in [1.82, 2.24) is 5.32 Å². The van der Waals surface area contributed by atoms with Gasteiger partial charge >= 0.3 is 0 Å². The Hall–Kier alpha value is -3.00. The molecule has 0 bridgehead atoms. The van der Waals surface area contributed by atoms with Crippen molar-refractivity contribution in [1.29, 1.82) is 5.26 Å². The summed E-state index contributed by atoms with van der Waals surface area (Å²) in [6.07, 6.45) is 0.579. The Kier molecular flexibility index (Phi) is 8.36. The highest BCUT2D eigenvalue weighted by atomic mass is 16.5. The number of aryl methyl sites for hydroxylation is 1. The molecule has 0 aliphatic carbocycles. The first-order chi connectivity index (χ1) is 13.5. The fourth-order valence-corrected chi connectivity index (χ4v) is 2.98. The molecule has 1 N–H and O–H groups in total. The maximum absolute atomic E-state index is 11.3. The van der Waals surface area contributed by atoms with E-state index in [1.54, 1.807) is 0 Å². The van der Waals surface area contributed by atoms with E-state index in [0.717, 1.165) is 17.1 Å². The molecule has 0 aromatic heterocycles. The minimum absolute atomic E-state index is 0.108. The molecular formula is C23H28N2O3. The molecule has 0 radical (unpaired) electrons. The molecule has 0 saturated carbocycles. The highest BCUT2D eigenvalue weighted by Gasteiger charge is 2.05. The summed E-state index contributed by atoms with van der Waals surface area (Å²) in [4.78, 5) is 11.3. The molecule has 5 nitrogen and oxygen atoms in total. The molecular weight excluding hydrogens is 352 g/mol. The molecule has 2 rings (SSSR count). The summed E-state index contributed by atoms with van der Waals surface area (Å²) in [5.41, 5.74) is 3.64. The fraction of sp³-hybridized carbons (Fsp3) is 0.391. The third-order valence-corrected chi connectivity index (χ3v) is 4.36. The van der Waals surface area contributed by atoms with Gasteiger partial charge < -0.3 is 14.8 Å². The third-order valence-electron chi connectivity index (χ3n) is 4.36. The first-order valence-electron chi connectivity index (χ1n) is 9.58. The standard InChI is InChI=1S/C23H28N2O3/c1-17(2)22-8-7-21(15-18(22)3)28-14-13-27-20-6-4-5-19(16-20)10-12-25-23(26)9-11-24/h4-8,15-17H,9-10,12-14H2,1-3H3,(H,25,26). The average Bonchev–Trinajstić information content (AvgIpc) is 2.65. The number of hydrogen-bond donors (Lipinski definition) is 1. The highest BCUT2D eigenvalue weighted by molar-refractivity contribution is 5.77. The van der Waals surface area contributed by atoms with Crippen LogP contribution in [0.15, 0.2) is 42.5 Å². The summed E-state index contributed by atoms with van der Waals surface area (Å²) in [5, 5.41) is 11.2. The van der Waals surface area contributed by atoms with E-state index in [4.69, 9.17) is 14.7 Å². The number of ether oxygens (including phenoxy) is 2. The van der Waals surface area contributed by atoms with Crippen LogP contribution in [0.3, 0.4) is 0 Å². The minimum atomic E-state index is -0.247. The van der Waals surface area contributed by atoms with E-state index in [9.17, 15) is 4.79 Å². The van der Waals surface area contributed by atoms with Crippen molar-refractivity contribution in [2.45, 2.75) is 39.5 Å². The number of nitriles is 1. The molecule has 5 heteroatoms. The Labute approximate surface area is 167 Å². The van der Waals surface area contributed by atoms with Crippen molar-refractivity contribution >= 4 is 5.91 Å². The fourth-order valence-electron chi connectivity index (χ4n) is 2.98. The van der Waals surface area contributed by atoms with Gasteiger partial charge in [0, 0.05) is 6.54 Å².